The molecule has 1 amide bonds. The van der Waals surface area contributed by atoms with Crippen molar-refractivity contribution in [1.82, 2.24) is 5.32 Å². The number of hydrogen-bond donors (Lipinski definition) is 1. The summed E-state index contributed by atoms with van der Waals surface area (Å²) in [6.45, 7) is 1.52. The molecule has 6 nitrogen and oxygen atoms in total. The van der Waals surface area contributed by atoms with Gasteiger partial charge in [-0.1, -0.05) is 60.2 Å². The van der Waals surface area contributed by atoms with Gasteiger partial charge in [-0.2, -0.15) is 0 Å². The fraction of sp³-hybridized carbons (Fsp3) is 0.174. The maximum Gasteiger partial charge on any atom is 0.329 e. The summed E-state index contributed by atoms with van der Waals surface area (Å²) in [6, 6.07) is 18.4. The molecule has 0 spiro atoms. The normalized spacial score (nSPS) is 11.5. The van der Waals surface area contributed by atoms with E-state index < -0.39 is 24.5 Å². The molecule has 29 heavy (non-hydrogen) atoms. The van der Waals surface area contributed by atoms with E-state index in [1.165, 1.54) is 12.3 Å². The van der Waals surface area contributed by atoms with Crippen molar-refractivity contribution in [1.29, 1.82) is 0 Å². The summed E-state index contributed by atoms with van der Waals surface area (Å²) < 4.78 is 10.3. The second-order valence-corrected chi connectivity index (χ2v) is 6.59. The predicted octanol–water partition coefficient (Wildman–Crippen LogP) is 3.36. The van der Waals surface area contributed by atoms with Crippen molar-refractivity contribution in [3.8, 4) is 0 Å². The lowest BCUT2D eigenvalue weighted by Crippen LogP contribution is -2.43. The second kappa shape index (κ2) is 9.50. The standard InChI is InChI=1S/C23H21NO5/c1-16-9-11-18(12-10-16)20(25)15-29-23(27)19(14-17-6-3-2-4-7-17)24-22(26)21-8-5-13-28-21/h2-13,19H,14-15H2,1H3,(H,24,26)/t19-/m0/s1. The number of nitrogens with one attached hydrogen (secondary N) is 1. The van der Waals surface area contributed by atoms with Crippen LogP contribution in [0.15, 0.2) is 77.4 Å². The highest BCUT2D eigenvalue weighted by molar-refractivity contribution is 5.99. The Bertz CT molecular complexity index is 962. The smallest absolute Gasteiger partial charge is 0.329 e. The molecule has 1 atom stereocenters. The van der Waals surface area contributed by atoms with E-state index in [2.05, 4.69) is 5.32 Å². The van der Waals surface area contributed by atoms with Crippen LogP contribution in [0, 0.1) is 6.92 Å². The van der Waals surface area contributed by atoms with Crippen molar-refractivity contribution in [2.24, 2.45) is 0 Å². The van der Waals surface area contributed by atoms with Crippen LogP contribution in [0.5, 0.6) is 0 Å². The molecule has 1 heterocycles. The van der Waals surface area contributed by atoms with E-state index in [0.717, 1.165) is 11.1 Å². The Morgan fingerprint density at radius 3 is 2.34 bits per heavy atom. The van der Waals surface area contributed by atoms with Crippen LogP contribution in [0.4, 0.5) is 0 Å². The van der Waals surface area contributed by atoms with E-state index in [-0.39, 0.29) is 18.0 Å². The maximum absolute atomic E-state index is 12.6. The summed E-state index contributed by atoms with van der Waals surface area (Å²) in [7, 11) is 0. The predicted molar refractivity (Wildman–Crippen MR) is 107 cm³/mol. The molecule has 0 saturated heterocycles. The first-order valence-electron chi connectivity index (χ1n) is 9.18. The van der Waals surface area contributed by atoms with Crippen LogP contribution in [0.3, 0.4) is 0 Å². The van der Waals surface area contributed by atoms with Gasteiger partial charge in [0, 0.05) is 12.0 Å². The number of esters is 1. The Morgan fingerprint density at radius 1 is 0.966 bits per heavy atom. The third kappa shape index (κ3) is 5.65. The van der Waals surface area contributed by atoms with Gasteiger partial charge in [0.25, 0.3) is 5.91 Å². The summed E-state index contributed by atoms with van der Waals surface area (Å²) in [5.74, 6) is -1.44. The molecule has 0 aliphatic rings. The Hall–Kier alpha value is -3.67. The zero-order valence-corrected chi connectivity index (χ0v) is 16.0. The van der Waals surface area contributed by atoms with Gasteiger partial charge in [-0.25, -0.2) is 4.79 Å². The van der Waals surface area contributed by atoms with Crippen molar-refractivity contribution in [2.45, 2.75) is 19.4 Å². The highest BCUT2D eigenvalue weighted by Gasteiger charge is 2.25. The lowest BCUT2D eigenvalue weighted by molar-refractivity contribution is -0.144. The Kier molecular flexibility index (Phi) is 6.58. The molecule has 0 unspecified atom stereocenters. The van der Waals surface area contributed by atoms with E-state index in [1.54, 1.807) is 18.2 Å². The van der Waals surface area contributed by atoms with Crippen molar-refractivity contribution < 1.29 is 23.5 Å². The average Bonchev–Trinajstić information content (AvgIpc) is 3.27. The van der Waals surface area contributed by atoms with Gasteiger partial charge in [0.15, 0.2) is 18.2 Å². The van der Waals surface area contributed by atoms with Crippen LogP contribution in [0.1, 0.15) is 32.0 Å². The first-order chi connectivity index (χ1) is 14.0. The number of Topliss-reactive ketones (excluding diaryl/α,β-unsaturated/α-hetero) is 1. The Balaban J connectivity index is 1.66. The van der Waals surface area contributed by atoms with Gasteiger partial charge in [0.2, 0.25) is 0 Å². The second-order valence-electron chi connectivity index (χ2n) is 6.59. The molecule has 3 rings (SSSR count). The minimum atomic E-state index is -0.958. The Morgan fingerprint density at radius 2 is 1.69 bits per heavy atom. The van der Waals surface area contributed by atoms with E-state index in [9.17, 15) is 14.4 Å². The molecule has 0 radical (unpaired) electrons. The van der Waals surface area contributed by atoms with Crippen LogP contribution in [0.25, 0.3) is 0 Å². The van der Waals surface area contributed by atoms with Crippen LogP contribution in [-0.4, -0.2) is 30.3 Å². The molecule has 0 bridgehead atoms. The molecule has 148 valence electrons. The molecule has 0 saturated carbocycles. The third-order valence-electron chi connectivity index (χ3n) is 4.34. The quantitative estimate of drug-likeness (QED) is 0.470. The molecular weight excluding hydrogens is 370 g/mol. The number of aryl methyl sites for hydroxylation is 1. The molecular formula is C23H21NO5. The van der Waals surface area contributed by atoms with E-state index in [0.29, 0.717) is 5.56 Å². The first-order valence-corrected chi connectivity index (χ1v) is 9.18. The lowest BCUT2D eigenvalue weighted by Gasteiger charge is -2.17. The molecule has 0 fully saturated rings. The van der Waals surface area contributed by atoms with Crippen molar-refractivity contribution in [3.63, 3.8) is 0 Å². The first kappa shape index (κ1) is 20.1. The number of carbonyl (C=O) groups is 3. The number of amides is 1. The number of ether oxygens (including phenoxy) is 1. The summed E-state index contributed by atoms with van der Waals surface area (Å²) in [4.78, 5) is 37.2. The minimum absolute atomic E-state index is 0.0894. The van der Waals surface area contributed by atoms with Crippen LogP contribution in [-0.2, 0) is 16.0 Å². The highest BCUT2D eigenvalue weighted by Crippen LogP contribution is 2.09. The van der Waals surface area contributed by atoms with Crippen LogP contribution < -0.4 is 5.32 Å². The van der Waals surface area contributed by atoms with Gasteiger partial charge >= 0.3 is 5.97 Å². The topological polar surface area (TPSA) is 85.6 Å². The molecule has 0 aliphatic heterocycles. The van der Waals surface area contributed by atoms with Crippen molar-refractivity contribution in [2.75, 3.05) is 6.61 Å². The van der Waals surface area contributed by atoms with Gasteiger partial charge in [-0.15, -0.1) is 0 Å². The molecule has 0 aliphatic carbocycles. The summed E-state index contributed by atoms with van der Waals surface area (Å²) in [6.07, 6.45) is 1.60. The summed E-state index contributed by atoms with van der Waals surface area (Å²) >= 11 is 0. The Labute approximate surface area is 168 Å². The number of furan rings is 1. The molecule has 1 N–H and O–H groups in total. The fourth-order valence-electron chi connectivity index (χ4n) is 2.74. The highest BCUT2D eigenvalue weighted by atomic mass is 16.5. The molecule has 1 aromatic heterocycles. The fourth-order valence-corrected chi connectivity index (χ4v) is 2.74. The van der Waals surface area contributed by atoms with Gasteiger partial charge in [0.05, 0.1) is 6.26 Å². The van der Waals surface area contributed by atoms with E-state index >= 15 is 0 Å². The van der Waals surface area contributed by atoms with Crippen LogP contribution in [0.2, 0.25) is 0 Å². The van der Waals surface area contributed by atoms with E-state index in [4.69, 9.17) is 9.15 Å². The zero-order valence-electron chi connectivity index (χ0n) is 16.0. The molecule has 2 aromatic carbocycles. The lowest BCUT2D eigenvalue weighted by atomic mass is 10.1. The zero-order chi connectivity index (χ0) is 20.6. The van der Waals surface area contributed by atoms with Gasteiger partial charge in [-0.05, 0) is 24.6 Å². The third-order valence-corrected chi connectivity index (χ3v) is 4.34. The number of carbonyl (C=O) groups excluding carboxylic acids is 3. The maximum atomic E-state index is 12.6. The number of hydrogen-bond acceptors (Lipinski definition) is 5. The van der Waals surface area contributed by atoms with Gasteiger partial charge in [0.1, 0.15) is 6.04 Å². The summed E-state index contributed by atoms with van der Waals surface area (Å²) in [5, 5.41) is 2.62. The largest absolute Gasteiger partial charge is 0.459 e. The SMILES string of the molecule is Cc1ccc(C(=O)COC(=O)[C@H](Cc2ccccc2)NC(=O)c2ccco2)cc1. The summed E-state index contributed by atoms with van der Waals surface area (Å²) in [5.41, 5.74) is 2.34. The minimum Gasteiger partial charge on any atom is -0.459 e. The average molecular weight is 391 g/mol. The number of rotatable bonds is 8. The van der Waals surface area contributed by atoms with Crippen LogP contribution >= 0.6 is 0 Å². The molecule has 3 aromatic rings. The molecule has 6 heteroatoms. The van der Waals surface area contributed by atoms with Gasteiger partial charge < -0.3 is 14.5 Å². The van der Waals surface area contributed by atoms with Crippen molar-refractivity contribution in [3.05, 3.63) is 95.4 Å². The number of ketones is 1. The number of benzene rings is 2. The van der Waals surface area contributed by atoms with Gasteiger partial charge in [-0.3, -0.25) is 9.59 Å². The monoisotopic (exact) mass is 391 g/mol. The van der Waals surface area contributed by atoms with E-state index in [1.807, 2.05) is 49.4 Å². The van der Waals surface area contributed by atoms with Crippen molar-refractivity contribution >= 4 is 17.7 Å².